The van der Waals surface area contributed by atoms with Gasteiger partial charge >= 0.3 is 11.9 Å². The summed E-state index contributed by atoms with van der Waals surface area (Å²) in [4.78, 5) is 39.4. The van der Waals surface area contributed by atoms with E-state index in [9.17, 15) is 18.8 Å². The Balaban J connectivity index is 2.35. The second-order valence-corrected chi connectivity index (χ2v) is 9.15. The van der Waals surface area contributed by atoms with Crippen molar-refractivity contribution in [3.05, 3.63) is 62.4 Å². The number of hydrogen-bond acceptors (Lipinski definition) is 8. The maximum Gasteiger partial charge on any atom is 0.343 e. The monoisotopic (exact) mass is 550 g/mol. The number of nitrogens with two attached hydrogens (primary N) is 1. The molecule has 9 nitrogen and oxygen atoms in total. The largest absolute Gasteiger partial charge is 0.462 e. The number of ether oxygens (including phenoxy) is 2. The maximum absolute atomic E-state index is 15.2. The van der Waals surface area contributed by atoms with E-state index in [4.69, 9.17) is 26.8 Å². The number of rotatable bonds is 10. The fourth-order valence-electron chi connectivity index (χ4n) is 3.87. The second kappa shape index (κ2) is 12.2. The third-order valence-corrected chi connectivity index (χ3v) is 6.02. The molecule has 0 saturated carbocycles. The molecule has 0 aliphatic heterocycles. The van der Waals surface area contributed by atoms with Crippen LogP contribution in [0.3, 0.4) is 0 Å². The van der Waals surface area contributed by atoms with Crippen molar-refractivity contribution in [3.8, 4) is 5.69 Å². The van der Waals surface area contributed by atoms with E-state index in [0.717, 1.165) is 18.7 Å². The molecule has 12 heteroatoms. The van der Waals surface area contributed by atoms with Crippen LogP contribution in [0.4, 0.5) is 20.2 Å². The normalized spacial score (nSPS) is 11.2. The summed E-state index contributed by atoms with van der Waals surface area (Å²) in [6.07, 6.45) is 1.85. The van der Waals surface area contributed by atoms with Gasteiger partial charge in [-0.25, -0.2) is 13.6 Å². The van der Waals surface area contributed by atoms with Crippen LogP contribution in [0.15, 0.2) is 29.2 Å². The lowest BCUT2D eigenvalue weighted by Crippen LogP contribution is -2.22. The number of aromatic nitrogens is 1. The van der Waals surface area contributed by atoms with Crippen LogP contribution < -0.4 is 16.5 Å². The highest BCUT2D eigenvalue weighted by molar-refractivity contribution is 6.38. The molecule has 0 atom stereocenters. The van der Waals surface area contributed by atoms with E-state index in [0.29, 0.717) is 13.0 Å². The predicted molar refractivity (Wildman–Crippen MR) is 142 cm³/mol. The zero-order valence-electron chi connectivity index (χ0n) is 21.5. The second-order valence-electron chi connectivity index (χ2n) is 8.77. The summed E-state index contributed by atoms with van der Waals surface area (Å²) in [5.41, 5.74) is 4.70. The van der Waals surface area contributed by atoms with E-state index in [1.807, 2.05) is 19.0 Å². The van der Waals surface area contributed by atoms with Gasteiger partial charge in [0.2, 0.25) is 5.43 Å². The van der Waals surface area contributed by atoms with Crippen molar-refractivity contribution in [2.45, 2.75) is 26.9 Å². The highest BCUT2D eigenvalue weighted by Crippen LogP contribution is 2.35. The molecule has 38 heavy (non-hydrogen) atoms. The molecule has 0 amide bonds. The summed E-state index contributed by atoms with van der Waals surface area (Å²) in [5, 5.41) is 2.62. The average Bonchev–Trinajstić information content (AvgIpc) is 2.84. The number of esters is 2. The van der Waals surface area contributed by atoms with Gasteiger partial charge in [0.05, 0.1) is 39.6 Å². The predicted octanol–water partition coefficient (Wildman–Crippen LogP) is 4.11. The molecule has 3 aromatic rings. The summed E-state index contributed by atoms with van der Waals surface area (Å²) in [6, 6.07) is 3.30. The van der Waals surface area contributed by atoms with Gasteiger partial charge in [-0.15, -0.1) is 0 Å². The van der Waals surface area contributed by atoms with E-state index in [1.54, 1.807) is 6.92 Å². The SMILES string of the molecule is CCOC(=O)c1cn(-c2cc(N)c(F)cc2COC(C)=O)c2c(Cl)c(NCCCN(C)C)c(F)cc2c1=O. The highest BCUT2D eigenvalue weighted by atomic mass is 35.5. The van der Waals surface area contributed by atoms with Crippen molar-refractivity contribution in [2.75, 3.05) is 44.8 Å². The molecule has 1 heterocycles. The zero-order chi connectivity index (χ0) is 28.1. The standard InChI is InChI=1S/C26H29ClF2N4O5/c1-5-37-26(36)17-12-33(21-11-20(30)18(28)9-15(21)13-38-14(2)34)24-16(25(17)35)10-19(29)23(22(24)27)31-7-6-8-32(3)4/h9-12,31H,5-8,13,30H2,1-4H3. The number of nitrogens with zero attached hydrogens (tertiary/aromatic N) is 2. The Kier molecular flexibility index (Phi) is 9.29. The van der Waals surface area contributed by atoms with Gasteiger partial charge in [-0.2, -0.15) is 0 Å². The van der Waals surface area contributed by atoms with E-state index in [2.05, 4.69) is 5.32 Å². The van der Waals surface area contributed by atoms with E-state index < -0.39 is 34.6 Å². The minimum atomic E-state index is -0.938. The highest BCUT2D eigenvalue weighted by Gasteiger charge is 2.24. The number of carbonyl (C=O) groups excluding carboxylic acids is 2. The van der Waals surface area contributed by atoms with Gasteiger partial charge in [0.15, 0.2) is 0 Å². The quantitative estimate of drug-likeness (QED) is 0.220. The van der Waals surface area contributed by atoms with Gasteiger partial charge in [0.1, 0.15) is 23.8 Å². The van der Waals surface area contributed by atoms with Crippen LogP contribution in [0.2, 0.25) is 5.02 Å². The van der Waals surface area contributed by atoms with Crippen molar-refractivity contribution in [2.24, 2.45) is 0 Å². The van der Waals surface area contributed by atoms with Crippen LogP contribution in [-0.4, -0.2) is 55.2 Å². The minimum absolute atomic E-state index is 0.0115. The minimum Gasteiger partial charge on any atom is -0.462 e. The van der Waals surface area contributed by atoms with E-state index in [-0.39, 0.29) is 51.8 Å². The van der Waals surface area contributed by atoms with Crippen LogP contribution in [0, 0.1) is 11.6 Å². The molecule has 1 aromatic heterocycles. The van der Waals surface area contributed by atoms with E-state index in [1.165, 1.54) is 23.8 Å². The number of nitrogens with one attached hydrogen (secondary N) is 1. The van der Waals surface area contributed by atoms with Crippen LogP contribution in [0.1, 0.15) is 36.2 Å². The Labute approximate surface area is 223 Å². The molecule has 0 bridgehead atoms. The van der Waals surface area contributed by atoms with Gasteiger partial charge in [0, 0.05) is 25.2 Å². The molecular formula is C26H29ClF2N4O5. The molecule has 0 radical (unpaired) electrons. The summed E-state index contributed by atoms with van der Waals surface area (Å²) in [5.74, 6) is -3.12. The number of pyridine rings is 1. The lowest BCUT2D eigenvalue weighted by atomic mass is 10.1. The van der Waals surface area contributed by atoms with Crippen molar-refractivity contribution >= 4 is 45.8 Å². The Bertz CT molecular complexity index is 1440. The Morgan fingerprint density at radius 2 is 1.87 bits per heavy atom. The summed E-state index contributed by atoms with van der Waals surface area (Å²) in [7, 11) is 3.82. The Morgan fingerprint density at radius 1 is 1.16 bits per heavy atom. The summed E-state index contributed by atoms with van der Waals surface area (Å²) < 4.78 is 41.1. The van der Waals surface area contributed by atoms with Crippen molar-refractivity contribution in [1.82, 2.24) is 9.47 Å². The smallest absolute Gasteiger partial charge is 0.343 e. The molecule has 204 valence electrons. The van der Waals surface area contributed by atoms with Crippen molar-refractivity contribution in [3.63, 3.8) is 0 Å². The van der Waals surface area contributed by atoms with Crippen molar-refractivity contribution in [1.29, 1.82) is 0 Å². The number of anilines is 2. The van der Waals surface area contributed by atoms with Crippen LogP contribution >= 0.6 is 11.6 Å². The Morgan fingerprint density at radius 3 is 2.50 bits per heavy atom. The first kappa shape index (κ1) is 28.9. The molecule has 0 fully saturated rings. The zero-order valence-corrected chi connectivity index (χ0v) is 22.2. The number of halogens is 3. The van der Waals surface area contributed by atoms with E-state index >= 15 is 4.39 Å². The lowest BCUT2D eigenvalue weighted by molar-refractivity contribution is -0.142. The number of nitrogen functional groups attached to an aromatic ring is 1. The molecule has 3 N–H and O–H groups in total. The molecule has 0 unspecified atom stereocenters. The number of hydrogen-bond donors (Lipinski definition) is 2. The number of carbonyl (C=O) groups is 2. The topological polar surface area (TPSA) is 116 Å². The first-order chi connectivity index (χ1) is 18.0. The third-order valence-electron chi connectivity index (χ3n) is 5.65. The van der Waals surface area contributed by atoms with Crippen molar-refractivity contribution < 1.29 is 27.8 Å². The van der Waals surface area contributed by atoms with Gasteiger partial charge in [-0.3, -0.25) is 9.59 Å². The number of fused-ring (bicyclic) bond motifs is 1. The lowest BCUT2D eigenvalue weighted by Gasteiger charge is -2.20. The maximum atomic E-state index is 15.2. The fourth-order valence-corrected chi connectivity index (χ4v) is 4.22. The van der Waals surface area contributed by atoms with Gasteiger partial charge < -0.3 is 30.0 Å². The molecule has 0 aliphatic carbocycles. The third kappa shape index (κ3) is 6.22. The summed E-state index contributed by atoms with van der Waals surface area (Å²) >= 11 is 6.68. The van der Waals surface area contributed by atoms with Gasteiger partial charge in [-0.05, 0) is 52.2 Å². The van der Waals surface area contributed by atoms with Gasteiger partial charge in [-0.1, -0.05) is 11.6 Å². The first-order valence-electron chi connectivity index (χ1n) is 11.8. The van der Waals surface area contributed by atoms with Crippen LogP contribution in [0.5, 0.6) is 0 Å². The molecule has 2 aromatic carbocycles. The first-order valence-corrected chi connectivity index (χ1v) is 12.2. The molecule has 3 rings (SSSR count). The fraction of sp³-hybridized carbons (Fsp3) is 0.346. The number of benzene rings is 2. The molecule has 0 saturated heterocycles. The Hall–Kier alpha value is -3.70. The van der Waals surface area contributed by atoms with Crippen LogP contribution in [-0.2, 0) is 20.9 Å². The van der Waals surface area contributed by atoms with Crippen LogP contribution in [0.25, 0.3) is 16.6 Å². The molecule has 0 spiro atoms. The molecule has 0 aliphatic rings. The average molecular weight is 551 g/mol. The summed E-state index contributed by atoms with van der Waals surface area (Å²) in [6.45, 7) is 3.52. The molecular weight excluding hydrogens is 522 g/mol. The van der Waals surface area contributed by atoms with Gasteiger partial charge in [0.25, 0.3) is 0 Å².